The van der Waals surface area contributed by atoms with Gasteiger partial charge in [-0.1, -0.05) is 6.92 Å². The van der Waals surface area contributed by atoms with Gasteiger partial charge in [-0.15, -0.1) is 0 Å². The molecule has 1 atom stereocenters. The zero-order valence-corrected chi connectivity index (χ0v) is 15.2. The molecule has 1 amide bonds. The number of fused-ring (bicyclic) bond motifs is 1. The summed E-state index contributed by atoms with van der Waals surface area (Å²) in [5.41, 5.74) is 1.45. The van der Waals surface area contributed by atoms with Crippen molar-refractivity contribution in [3.8, 4) is 0 Å². The van der Waals surface area contributed by atoms with E-state index in [-0.39, 0.29) is 17.8 Å². The molecule has 1 aromatic carbocycles. The summed E-state index contributed by atoms with van der Waals surface area (Å²) in [6.07, 6.45) is 8.45. The van der Waals surface area contributed by atoms with E-state index in [0.717, 1.165) is 43.7 Å². The maximum absolute atomic E-state index is 13.7. The standard InChI is InChI=1S/C20H23FN4O/c1-3-19-22-8-10-24(19)12-15-5-4-9-25(15)20(26)17-13-23(2)18-7-6-14(21)11-16(17)18/h6-8,10-11,13,15H,3-5,9,12H2,1-2H3/t15-/m1/s1. The Morgan fingerprint density at radius 2 is 2.23 bits per heavy atom. The van der Waals surface area contributed by atoms with Crippen LogP contribution in [0.4, 0.5) is 4.39 Å². The van der Waals surface area contributed by atoms with Crippen LogP contribution in [0.15, 0.2) is 36.8 Å². The molecule has 136 valence electrons. The first-order valence-corrected chi connectivity index (χ1v) is 9.14. The van der Waals surface area contributed by atoms with Gasteiger partial charge in [0.2, 0.25) is 0 Å². The van der Waals surface area contributed by atoms with E-state index in [1.54, 1.807) is 6.07 Å². The minimum Gasteiger partial charge on any atom is -0.350 e. The average molecular weight is 354 g/mol. The number of halogens is 1. The van der Waals surface area contributed by atoms with Crippen molar-refractivity contribution in [1.82, 2.24) is 19.0 Å². The monoisotopic (exact) mass is 354 g/mol. The van der Waals surface area contributed by atoms with Crippen molar-refractivity contribution < 1.29 is 9.18 Å². The van der Waals surface area contributed by atoms with Crippen LogP contribution in [0.25, 0.3) is 10.9 Å². The van der Waals surface area contributed by atoms with Crippen LogP contribution in [0.5, 0.6) is 0 Å². The number of rotatable bonds is 4. The van der Waals surface area contributed by atoms with Crippen LogP contribution in [-0.4, -0.2) is 37.5 Å². The molecule has 3 heterocycles. The smallest absolute Gasteiger partial charge is 0.256 e. The number of amides is 1. The summed E-state index contributed by atoms with van der Waals surface area (Å²) in [7, 11) is 1.89. The summed E-state index contributed by atoms with van der Waals surface area (Å²) in [5.74, 6) is 0.708. The lowest BCUT2D eigenvalue weighted by molar-refractivity contribution is 0.0725. The first kappa shape index (κ1) is 16.8. The summed E-state index contributed by atoms with van der Waals surface area (Å²) in [4.78, 5) is 19.6. The second kappa shape index (κ2) is 6.59. The Kier molecular flexibility index (Phi) is 4.26. The second-order valence-corrected chi connectivity index (χ2v) is 6.96. The fraction of sp³-hybridized carbons (Fsp3) is 0.400. The summed E-state index contributed by atoms with van der Waals surface area (Å²) in [6, 6.07) is 4.76. The van der Waals surface area contributed by atoms with Crippen LogP contribution >= 0.6 is 0 Å². The van der Waals surface area contributed by atoms with Crippen LogP contribution in [0.1, 0.15) is 35.9 Å². The van der Waals surface area contributed by atoms with E-state index >= 15 is 0 Å². The minimum absolute atomic E-state index is 0.0122. The first-order valence-electron chi connectivity index (χ1n) is 9.14. The fourth-order valence-electron chi connectivity index (χ4n) is 4.03. The molecular weight excluding hydrogens is 331 g/mol. The fourth-order valence-corrected chi connectivity index (χ4v) is 4.03. The zero-order valence-electron chi connectivity index (χ0n) is 15.2. The highest BCUT2D eigenvalue weighted by atomic mass is 19.1. The number of imidazole rings is 1. The van der Waals surface area contributed by atoms with Crippen molar-refractivity contribution >= 4 is 16.8 Å². The number of aryl methyl sites for hydroxylation is 2. The van der Waals surface area contributed by atoms with Gasteiger partial charge in [-0.05, 0) is 31.0 Å². The normalized spacial score (nSPS) is 17.3. The Morgan fingerprint density at radius 3 is 3.04 bits per heavy atom. The molecule has 1 aliphatic rings. The SMILES string of the molecule is CCc1nccn1C[C@H]1CCCN1C(=O)c1cn(C)c2ccc(F)cc12. The van der Waals surface area contributed by atoms with Gasteiger partial charge in [0.1, 0.15) is 11.6 Å². The van der Waals surface area contributed by atoms with Gasteiger partial charge in [0, 0.05) is 56.1 Å². The van der Waals surface area contributed by atoms with Crippen LogP contribution < -0.4 is 0 Å². The number of hydrogen-bond donors (Lipinski definition) is 0. The third-order valence-corrected chi connectivity index (χ3v) is 5.35. The van der Waals surface area contributed by atoms with Gasteiger partial charge in [-0.3, -0.25) is 4.79 Å². The highest BCUT2D eigenvalue weighted by molar-refractivity contribution is 6.07. The maximum atomic E-state index is 13.7. The number of likely N-dealkylation sites (tertiary alicyclic amines) is 1. The molecule has 5 nitrogen and oxygen atoms in total. The van der Waals surface area contributed by atoms with E-state index in [1.807, 2.05) is 35.1 Å². The topological polar surface area (TPSA) is 43.1 Å². The van der Waals surface area contributed by atoms with Gasteiger partial charge in [-0.2, -0.15) is 0 Å². The largest absolute Gasteiger partial charge is 0.350 e. The molecule has 0 bridgehead atoms. The molecule has 0 saturated carbocycles. The van der Waals surface area contributed by atoms with E-state index < -0.39 is 0 Å². The lowest BCUT2D eigenvalue weighted by Crippen LogP contribution is -2.38. The molecule has 2 aromatic heterocycles. The molecule has 0 aliphatic carbocycles. The number of aromatic nitrogens is 3. The molecule has 0 N–H and O–H groups in total. The Bertz CT molecular complexity index is 958. The number of nitrogens with zero attached hydrogens (tertiary/aromatic N) is 4. The Hall–Kier alpha value is -2.63. The molecule has 3 aromatic rings. The maximum Gasteiger partial charge on any atom is 0.256 e. The van der Waals surface area contributed by atoms with Crippen molar-refractivity contribution in [1.29, 1.82) is 0 Å². The third-order valence-electron chi connectivity index (χ3n) is 5.35. The highest BCUT2D eigenvalue weighted by Crippen LogP contribution is 2.27. The Labute approximate surface area is 152 Å². The molecule has 0 unspecified atom stereocenters. The molecule has 0 radical (unpaired) electrons. The van der Waals surface area contributed by atoms with Crippen LogP contribution in [0.2, 0.25) is 0 Å². The van der Waals surface area contributed by atoms with Gasteiger partial charge < -0.3 is 14.0 Å². The van der Waals surface area contributed by atoms with Crippen molar-refractivity contribution in [2.75, 3.05) is 6.54 Å². The quantitative estimate of drug-likeness (QED) is 0.721. The number of benzene rings is 1. The summed E-state index contributed by atoms with van der Waals surface area (Å²) in [6.45, 7) is 3.58. The molecule has 1 fully saturated rings. The summed E-state index contributed by atoms with van der Waals surface area (Å²) in [5, 5.41) is 0.681. The first-order chi connectivity index (χ1) is 12.6. The molecule has 1 aliphatic heterocycles. The lowest BCUT2D eigenvalue weighted by Gasteiger charge is -2.25. The number of hydrogen-bond acceptors (Lipinski definition) is 2. The van der Waals surface area contributed by atoms with Gasteiger partial charge in [0.25, 0.3) is 5.91 Å². The van der Waals surface area contributed by atoms with Gasteiger partial charge in [0.15, 0.2) is 0 Å². The molecular formula is C20H23FN4O. The van der Waals surface area contributed by atoms with Crippen LogP contribution in [-0.2, 0) is 20.0 Å². The number of carbonyl (C=O) groups excluding carboxylic acids is 1. The van der Waals surface area contributed by atoms with E-state index in [1.165, 1.54) is 12.1 Å². The van der Waals surface area contributed by atoms with Crippen LogP contribution in [0.3, 0.4) is 0 Å². The zero-order chi connectivity index (χ0) is 18.3. The van der Waals surface area contributed by atoms with Crippen molar-refractivity contribution in [3.05, 3.63) is 54.0 Å². The highest BCUT2D eigenvalue weighted by Gasteiger charge is 2.31. The Morgan fingerprint density at radius 1 is 1.38 bits per heavy atom. The third kappa shape index (κ3) is 2.79. The van der Waals surface area contributed by atoms with Gasteiger partial charge in [0.05, 0.1) is 11.6 Å². The predicted molar refractivity (Wildman–Crippen MR) is 98.5 cm³/mol. The summed E-state index contributed by atoms with van der Waals surface area (Å²) >= 11 is 0. The molecule has 4 rings (SSSR count). The minimum atomic E-state index is -0.318. The second-order valence-electron chi connectivity index (χ2n) is 6.96. The van der Waals surface area contributed by atoms with Gasteiger partial charge >= 0.3 is 0 Å². The average Bonchev–Trinajstić information content (AvgIpc) is 3.34. The van der Waals surface area contributed by atoms with E-state index in [4.69, 9.17) is 0 Å². The molecule has 6 heteroatoms. The Balaban J connectivity index is 1.64. The van der Waals surface area contributed by atoms with E-state index in [9.17, 15) is 9.18 Å². The van der Waals surface area contributed by atoms with E-state index in [0.29, 0.717) is 10.9 Å². The van der Waals surface area contributed by atoms with E-state index in [2.05, 4.69) is 16.5 Å². The van der Waals surface area contributed by atoms with Crippen molar-refractivity contribution in [2.24, 2.45) is 7.05 Å². The van der Waals surface area contributed by atoms with Crippen molar-refractivity contribution in [2.45, 2.75) is 38.8 Å². The van der Waals surface area contributed by atoms with Crippen LogP contribution in [0, 0.1) is 5.82 Å². The number of carbonyl (C=O) groups is 1. The van der Waals surface area contributed by atoms with Gasteiger partial charge in [-0.25, -0.2) is 9.37 Å². The summed E-state index contributed by atoms with van der Waals surface area (Å²) < 4.78 is 17.8. The lowest BCUT2D eigenvalue weighted by atomic mass is 10.1. The molecule has 0 spiro atoms. The van der Waals surface area contributed by atoms with Crippen molar-refractivity contribution in [3.63, 3.8) is 0 Å². The molecule has 1 saturated heterocycles. The predicted octanol–water partition coefficient (Wildman–Crippen LogP) is 3.38. The molecule has 26 heavy (non-hydrogen) atoms.